The molecule has 2 heterocycles. The molecule has 2 aromatic rings. The van der Waals surface area contributed by atoms with Crippen molar-refractivity contribution in [3.05, 3.63) is 41.2 Å². The number of ether oxygens (including phenoxy) is 2. The van der Waals surface area contributed by atoms with E-state index in [1.165, 1.54) is 0 Å². The first kappa shape index (κ1) is 20.0. The number of morpholine rings is 1. The first-order valence-corrected chi connectivity index (χ1v) is 9.52. The molecule has 3 rings (SSSR count). The van der Waals surface area contributed by atoms with Gasteiger partial charge in [0.05, 0.1) is 37.7 Å². The van der Waals surface area contributed by atoms with Gasteiger partial charge >= 0.3 is 0 Å². The first-order valence-electron chi connectivity index (χ1n) is 9.52. The maximum absolute atomic E-state index is 12.7. The number of hydrogen-bond donors (Lipinski definition) is 0. The van der Waals surface area contributed by atoms with Crippen molar-refractivity contribution in [3.8, 4) is 23.3 Å². The van der Waals surface area contributed by atoms with Crippen LogP contribution in [0.4, 0.5) is 0 Å². The average Bonchev–Trinajstić information content (AvgIpc) is 3.00. The zero-order valence-corrected chi connectivity index (χ0v) is 17.2. The van der Waals surface area contributed by atoms with Crippen LogP contribution in [0.3, 0.4) is 0 Å². The minimum atomic E-state index is -0.193. The Morgan fingerprint density at radius 1 is 1.36 bits per heavy atom. The number of carbonyl (C=O) groups excluding carboxylic acids is 1. The molecule has 0 aliphatic carbocycles. The molecule has 1 aliphatic heterocycles. The van der Waals surface area contributed by atoms with E-state index >= 15 is 0 Å². The molecule has 0 bridgehead atoms. The van der Waals surface area contributed by atoms with Crippen LogP contribution in [0.1, 0.15) is 36.8 Å². The molecule has 1 aromatic carbocycles. The number of methoxy groups -OCH3 is 1. The minimum Gasteiger partial charge on any atom is -0.497 e. The fraction of sp³-hybridized carbons (Fsp3) is 0.455. The fourth-order valence-electron chi connectivity index (χ4n) is 3.49. The Bertz CT molecular complexity index is 921. The Morgan fingerprint density at radius 3 is 2.86 bits per heavy atom. The largest absolute Gasteiger partial charge is 0.497 e. The second-order valence-electron chi connectivity index (χ2n) is 7.21. The fourth-order valence-corrected chi connectivity index (χ4v) is 3.49. The SMILES string of the molecule is COc1cccc(-n2nc(C)c(C3COCCN3C(=O)C#CC(C)C)c2C)c1. The summed E-state index contributed by atoms with van der Waals surface area (Å²) in [6.45, 7) is 9.43. The van der Waals surface area contributed by atoms with Gasteiger partial charge in [0, 0.05) is 29.8 Å². The summed E-state index contributed by atoms with van der Waals surface area (Å²) in [5.74, 6) is 6.52. The Labute approximate surface area is 166 Å². The van der Waals surface area contributed by atoms with E-state index in [9.17, 15) is 4.79 Å². The van der Waals surface area contributed by atoms with E-state index < -0.39 is 0 Å². The summed E-state index contributed by atoms with van der Waals surface area (Å²) in [7, 11) is 1.65. The van der Waals surface area contributed by atoms with Gasteiger partial charge in [-0.05, 0) is 31.9 Å². The van der Waals surface area contributed by atoms with Crippen LogP contribution in [0, 0.1) is 31.6 Å². The molecule has 1 saturated heterocycles. The highest BCUT2D eigenvalue weighted by atomic mass is 16.5. The van der Waals surface area contributed by atoms with Crippen LogP contribution in [0.5, 0.6) is 5.75 Å². The lowest BCUT2D eigenvalue weighted by Gasteiger charge is -2.34. The van der Waals surface area contributed by atoms with E-state index in [-0.39, 0.29) is 17.9 Å². The van der Waals surface area contributed by atoms with Crippen LogP contribution in [-0.2, 0) is 9.53 Å². The molecular formula is C22H27N3O3. The molecule has 1 aromatic heterocycles. The average molecular weight is 381 g/mol. The van der Waals surface area contributed by atoms with Gasteiger partial charge < -0.3 is 14.4 Å². The molecule has 1 fully saturated rings. The van der Waals surface area contributed by atoms with Crippen LogP contribution >= 0.6 is 0 Å². The summed E-state index contributed by atoms with van der Waals surface area (Å²) in [5, 5.41) is 4.73. The van der Waals surface area contributed by atoms with Gasteiger partial charge in [-0.25, -0.2) is 4.68 Å². The van der Waals surface area contributed by atoms with Crippen molar-refractivity contribution in [2.24, 2.45) is 5.92 Å². The van der Waals surface area contributed by atoms with E-state index in [0.29, 0.717) is 19.8 Å². The number of aryl methyl sites for hydroxylation is 1. The lowest BCUT2D eigenvalue weighted by atomic mass is 10.0. The maximum Gasteiger partial charge on any atom is 0.299 e. The predicted molar refractivity (Wildman–Crippen MR) is 107 cm³/mol. The predicted octanol–water partition coefficient (Wildman–Crippen LogP) is 3.06. The third-order valence-corrected chi connectivity index (χ3v) is 4.84. The van der Waals surface area contributed by atoms with Crippen molar-refractivity contribution in [3.63, 3.8) is 0 Å². The third kappa shape index (κ3) is 4.05. The van der Waals surface area contributed by atoms with Crippen molar-refractivity contribution in [1.82, 2.24) is 14.7 Å². The van der Waals surface area contributed by atoms with Gasteiger partial charge in [-0.2, -0.15) is 5.10 Å². The molecule has 0 N–H and O–H groups in total. The maximum atomic E-state index is 12.7. The lowest BCUT2D eigenvalue weighted by Crippen LogP contribution is -2.43. The van der Waals surface area contributed by atoms with E-state index in [2.05, 4.69) is 11.8 Å². The lowest BCUT2D eigenvalue weighted by molar-refractivity contribution is -0.133. The summed E-state index contributed by atoms with van der Waals surface area (Å²) < 4.78 is 12.9. The van der Waals surface area contributed by atoms with E-state index in [1.54, 1.807) is 7.11 Å². The van der Waals surface area contributed by atoms with E-state index in [4.69, 9.17) is 14.6 Å². The van der Waals surface area contributed by atoms with Crippen LogP contribution in [0.25, 0.3) is 5.69 Å². The van der Waals surface area contributed by atoms with Gasteiger partial charge in [-0.3, -0.25) is 4.79 Å². The standard InChI is InChI=1S/C22H27N3O3/c1-15(2)9-10-21(26)24-11-12-28-14-20(24)22-16(3)23-25(17(22)4)18-7-6-8-19(13-18)27-5/h6-8,13,15,20H,11-12,14H2,1-5H3. The second kappa shape index (κ2) is 8.49. The number of amides is 1. The molecule has 6 nitrogen and oxygen atoms in total. The molecule has 0 radical (unpaired) electrons. The van der Waals surface area contributed by atoms with Crippen molar-refractivity contribution >= 4 is 5.91 Å². The summed E-state index contributed by atoms with van der Waals surface area (Å²) in [5.41, 5.74) is 3.80. The Kier molecular flexibility index (Phi) is 6.05. The smallest absolute Gasteiger partial charge is 0.299 e. The number of rotatable bonds is 3. The van der Waals surface area contributed by atoms with Gasteiger partial charge in [0.25, 0.3) is 5.91 Å². The quantitative estimate of drug-likeness (QED) is 0.767. The number of nitrogens with zero attached hydrogens (tertiary/aromatic N) is 3. The highest BCUT2D eigenvalue weighted by Gasteiger charge is 2.32. The van der Waals surface area contributed by atoms with Crippen LogP contribution in [0.2, 0.25) is 0 Å². The van der Waals surface area contributed by atoms with E-state index in [0.717, 1.165) is 28.4 Å². The molecule has 0 saturated carbocycles. The summed E-state index contributed by atoms with van der Waals surface area (Å²) in [4.78, 5) is 14.5. The molecule has 1 aliphatic rings. The Balaban J connectivity index is 1.99. The van der Waals surface area contributed by atoms with Crippen LogP contribution in [-0.4, -0.2) is 47.5 Å². The van der Waals surface area contributed by atoms with Crippen molar-refractivity contribution < 1.29 is 14.3 Å². The zero-order chi connectivity index (χ0) is 20.3. The van der Waals surface area contributed by atoms with Gasteiger partial charge in [-0.15, -0.1) is 0 Å². The minimum absolute atomic E-state index is 0.155. The third-order valence-electron chi connectivity index (χ3n) is 4.84. The Hall–Kier alpha value is -2.78. The highest BCUT2D eigenvalue weighted by Crippen LogP contribution is 2.31. The molecule has 1 unspecified atom stereocenters. The van der Waals surface area contributed by atoms with Gasteiger partial charge in [0.15, 0.2) is 0 Å². The van der Waals surface area contributed by atoms with Crippen LogP contribution in [0.15, 0.2) is 24.3 Å². The molecule has 148 valence electrons. The summed E-state index contributed by atoms with van der Waals surface area (Å²) in [6, 6.07) is 7.57. The molecule has 6 heteroatoms. The first-order chi connectivity index (χ1) is 13.4. The molecule has 0 spiro atoms. The molecule has 28 heavy (non-hydrogen) atoms. The number of aromatic nitrogens is 2. The summed E-state index contributed by atoms with van der Waals surface area (Å²) in [6.07, 6.45) is 0. The van der Waals surface area contributed by atoms with Crippen LogP contribution < -0.4 is 4.74 Å². The van der Waals surface area contributed by atoms with Gasteiger partial charge in [0.2, 0.25) is 0 Å². The van der Waals surface area contributed by atoms with Crippen molar-refractivity contribution in [2.45, 2.75) is 33.7 Å². The van der Waals surface area contributed by atoms with Crippen molar-refractivity contribution in [1.29, 1.82) is 0 Å². The topological polar surface area (TPSA) is 56.6 Å². The molecule has 1 atom stereocenters. The summed E-state index contributed by atoms with van der Waals surface area (Å²) >= 11 is 0. The monoisotopic (exact) mass is 381 g/mol. The second-order valence-corrected chi connectivity index (χ2v) is 7.21. The Morgan fingerprint density at radius 2 is 2.14 bits per heavy atom. The number of carbonyl (C=O) groups is 1. The number of benzene rings is 1. The zero-order valence-electron chi connectivity index (χ0n) is 17.2. The molecular weight excluding hydrogens is 354 g/mol. The van der Waals surface area contributed by atoms with Gasteiger partial charge in [0.1, 0.15) is 5.75 Å². The van der Waals surface area contributed by atoms with Crippen molar-refractivity contribution in [2.75, 3.05) is 26.9 Å². The van der Waals surface area contributed by atoms with Gasteiger partial charge in [-0.1, -0.05) is 25.8 Å². The number of hydrogen-bond acceptors (Lipinski definition) is 4. The normalized spacial score (nSPS) is 16.6. The highest BCUT2D eigenvalue weighted by molar-refractivity contribution is 5.94. The van der Waals surface area contributed by atoms with E-state index in [1.807, 2.05) is 61.5 Å². The molecule has 1 amide bonds.